The number of hydrogen-bond donors (Lipinski definition) is 0. The van der Waals surface area contributed by atoms with Crippen molar-refractivity contribution >= 4 is 5.97 Å². The smallest absolute Gasteiger partial charge is 0.550 e. The van der Waals surface area contributed by atoms with E-state index in [9.17, 15) is 9.90 Å². The largest absolute Gasteiger partial charge is 1.00 e. The molecule has 0 heterocycles. The third-order valence-corrected chi connectivity index (χ3v) is 2.03. The zero-order valence-corrected chi connectivity index (χ0v) is 12.9. The van der Waals surface area contributed by atoms with Crippen LogP contribution in [0, 0.1) is 11.8 Å². The first kappa shape index (κ1) is 11.5. The first-order valence-corrected chi connectivity index (χ1v) is 3.41. The van der Waals surface area contributed by atoms with Gasteiger partial charge in [0.1, 0.15) is 0 Å². The first-order valence-electron chi connectivity index (χ1n) is 3.41. The van der Waals surface area contributed by atoms with Gasteiger partial charge in [0.15, 0.2) is 0 Å². The molecule has 2 unspecified atom stereocenters. The summed E-state index contributed by atoms with van der Waals surface area (Å²) < 4.78 is 0. The van der Waals surface area contributed by atoms with E-state index in [0.29, 0.717) is 5.92 Å². The van der Waals surface area contributed by atoms with Gasteiger partial charge in [-0.3, -0.25) is 0 Å². The van der Waals surface area contributed by atoms with Crippen LogP contribution in [0.2, 0.25) is 0 Å². The number of aliphatic carboxylic acids is 1. The first-order chi connectivity index (χ1) is 4.20. The standard InChI is InChI=1S/C7H12O2.Cs/c1-5-2-3-6(4-5)7(8)9;/h5-6H,2-4H2,1H3,(H,8,9);/q;+1/p-1. The van der Waals surface area contributed by atoms with Gasteiger partial charge in [0.25, 0.3) is 0 Å². The van der Waals surface area contributed by atoms with Gasteiger partial charge in [0.2, 0.25) is 0 Å². The molecule has 1 aliphatic rings. The van der Waals surface area contributed by atoms with Gasteiger partial charge in [-0.25, -0.2) is 0 Å². The van der Waals surface area contributed by atoms with Gasteiger partial charge in [0.05, 0.1) is 0 Å². The number of carbonyl (C=O) groups excluding carboxylic acids is 1. The van der Waals surface area contributed by atoms with Crippen LogP contribution in [-0.4, -0.2) is 5.97 Å². The van der Waals surface area contributed by atoms with Gasteiger partial charge in [-0.2, -0.15) is 0 Å². The fourth-order valence-corrected chi connectivity index (χ4v) is 1.42. The Kier molecular flexibility index (Phi) is 6.01. The van der Waals surface area contributed by atoms with Crippen LogP contribution < -0.4 is 74.0 Å². The molecular formula is C7H11CsO2. The Morgan fingerprint density at radius 1 is 1.50 bits per heavy atom. The molecule has 2 nitrogen and oxygen atoms in total. The Hall–Kier alpha value is 1.52. The fourth-order valence-electron chi connectivity index (χ4n) is 1.42. The molecule has 0 saturated heterocycles. The van der Waals surface area contributed by atoms with E-state index in [0.717, 1.165) is 19.3 Å². The minimum Gasteiger partial charge on any atom is -0.550 e. The topological polar surface area (TPSA) is 40.1 Å². The Morgan fingerprint density at radius 3 is 2.30 bits per heavy atom. The normalized spacial score (nSPS) is 31.3. The van der Waals surface area contributed by atoms with E-state index in [1.165, 1.54) is 0 Å². The summed E-state index contributed by atoms with van der Waals surface area (Å²) in [5.74, 6) is -0.424. The van der Waals surface area contributed by atoms with Crippen LogP contribution in [-0.2, 0) is 4.79 Å². The summed E-state index contributed by atoms with van der Waals surface area (Å²) in [6.07, 6.45) is 2.70. The third kappa shape index (κ3) is 3.28. The van der Waals surface area contributed by atoms with Crippen LogP contribution in [0.1, 0.15) is 26.2 Å². The van der Waals surface area contributed by atoms with Gasteiger partial charge < -0.3 is 9.90 Å². The van der Waals surface area contributed by atoms with Crippen molar-refractivity contribution in [2.45, 2.75) is 26.2 Å². The maximum atomic E-state index is 10.2. The van der Waals surface area contributed by atoms with E-state index in [1.54, 1.807) is 0 Å². The minimum absolute atomic E-state index is 0. The summed E-state index contributed by atoms with van der Waals surface area (Å²) >= 11 is 0. The van der Waals surface area contributed by atoms with Gasteiger partial charge in [-0.1, -0.05) is 13.3 Å². The van der Waals surface area contributed by atoms with E-state index in [4.69, 9.17) is 0 Å². The van der Waals surface area contributed by atoms with Crippen molar-refractivity contribution in [1.29, 1.82) is 0 Å². The summed E-state index contributed by atoms with van der Waals surface area (Å²) in [6.45, 7) is 2.09. The molecular weight excluding hydrogens is 249 g/mol. The molecule has 1 saturated carbocycles. The Balaban J connectivity index is 0.000000810. The van der Waals surface area contributed by atoms with E-state index < -0.39 is 5.97 Å². The molecule has 0 bridgehead atoms. The third-order valence-electron chi connectivity index (χ3n) is 2.03. The maximum absolute atomic E-state index is 10.2. The molecule has 0 spiro atoms. The monoisotopic (exact) mass is 260 g/mol. The van der Waals surface area contributed by atoms with Crippen LogP contribution in [0.25, 0.3) is 0 Å². The molecule has 0 radical (unpaired) electrons. The van der Waals surface area contributed by atoms with Crippen molar-refractivity contribution in [3.05, 3.63) is 0 Å². The van der Waals surface area contributed by atoms with Crippen molar-refractivity contribution in [2.24, 2.45) is 11.8 Å². The van der Waals surface area contributed by atoms with Crippen LogP contribution in [0.5, 0.6) is 0 Å². The number of carboxylic acids is 1. The summed E-state index contributed by atoms with van der Waals surface area (Å²) in [7, 11) is 0. The van der Waals surface area contributed by atoms with Gasteiger partial charge in [-0.15, -0.1) is 0 Å². The number of carbonyl (C=O) groups is 1. The number of rotatable bonds is 1. The summed E-state index contributed by atoms with van der Waals surface area (Å²) in [5, 5.41) is 10.2. The number of hydrogen-bond acceptors (Lipinski definition) is 2. The molecule has 52 valence electrons. The second-order valence-electron chi connectivity index (χ2n) is 2.93. The second-order valence-corrected chi connectivity index (χ2v) is 2.93. The Labute approximate surface area is 120 Å². The molecule has 1 fully saturated rings. The zero-order valence-electron chi connectivity index (χ0n) is 6.59. The molecule has 0 aliphatic heterocycles. The fraction of sp³-hybridized carbons (Fsp3) is 0.857. The van der Waals surface area contributed by atoms with Crippen molar-refractivity contribution in [3.63, 3.8) is 0 Å². The van der Waals surface area contributed by atoms with Crippen LogP contribution in [0.4, 0.5) is 0 Å². The molecule has 2 atom stereocenters. The predicted octanol–water partition coefficient (Wildman–Crippen LogP) is -2.82. The Morgan fingerprint density at radius 2 is 2.10 bits per heavy atom. The molecule has 10 heavy (non-hydrogen) atoms. The molecule has 0 aromatic heterocycles. The van der Waals surface area contributed by atoms with Crippen LogP contribution >= 0.6 is 0 Å². The van der Waals surface area contributed by atoms with Crippen molar-refractivity contribution in [3.8, 4) is 0 Å². The SMILES string of the molecule is CC1CCC(C(=O)[O-])C1.[Cs+]. The van der Waals surface area contributed by atoms with E-state index >= 15 is 0 Å². The van der Waals surface area contributed by atoms with Gasteiger partial charge in [-0.05, 0) is 24.7 Å². The molecule has 0 aromatic carbocycles. The van der Waals surface area contributed by atoms with Crippen molar-refractivity contribution in [2.75, 3.05) is 0 Å². The van der Waals surface area contributed by atoms with Gasteiger partial charge >= 0.3 is 68.9 Å². The van der Waals surface area contributed by atoms with Crippen LogP contribution in [0.3, 0.4) is 0 Å². The van der Waals surface area contributed by atoms with Crippen molar-refractivity contribution in [1.82, 2.24) is 0 Å². The Bertz CT molecular complexity index is 125. The zero-order chi connectivity index (χ0) is 6.85. The van der Waals surface area contributed by atoms with E-state index in [2.05, 4.69) is 6.92 Å². The average molecular weight is 260 g/mol. The number of carboxylic acid groups (broad SMARTS) is 1. The molecule has 0 aromatic rings. The van der Waals surface area contributed by atoms with Crippen molar-refractivity contribution < 1.29 is 78.8 Å². The predicted molar refractivity (Wildman–Crippen MR) is 31.5 cm³/mol. The quantitative estimate of drug-likeness (QED) is 0.510. The summed E-state index contributed by atoms with van der Waals surface area (Å²) in [4.78, 5) is 10.2. The average Bonchev–Trinajstić information content (AvgIpc) is 2.14. The summed E-state index contributed by atoms with van der Waals surface area (Å²) in [6, 6.07) is 0. The van der Waals surface area contributed by atoms with E-state index in [1.807, 2.05) is 0 Å². The molecule has 1 rings (SSSR count). The van der Waals surface area contributed by atoms with Gasteiger partial charge in [0, 0.05) is 5.97 Å². The molecule has 3 heteroatoms. The molecule has 0 amide bonds. The maximum Gasteiger partial charge on any atom is 1.00 e. The van der Waals surface area contributed by atoms with E-state index in [-0.39, 0.29) is 74.8 Å². The summed E-state index contributed by atoms with van der Waals surface area (Å²) in [5.41, 5.74) is 0. The minimum atomic E-state index is -0.862. The molecule has 1 aliphatic carbocycles. The van der Waals surface area contributed by atoms with Crippen LogP contribution in [0.15, 0.2) is 0 Å². The molecule has 0 N–H and O–H groups in total. The second kappa shape index (κ2) is 5.22.